The summed E-state index contributed by atoms with van der Waals surface area (Å²) in [5.41, 5.74) is 3.45. The molecule has 0 aliphatic carbocycles. The molecule has 1 N–H and O–H groups in total. The van der Waals surface area contributed by atoms with E-state index in [0.29, 0.717) is 25.2 Å². The van der Waals surface area contributed by atoms with E-state index in [2.05, 4.69) is 11.4 Å². The van der Waals surface area contributed by atoms with Gasteiger partial charge in [0, 0.05) is 18.0 Å². The van der Waals surface area contributed by atoms with E-state index in [4.69, 9.17) is 4.74 Å². The molecule has 1 amide bonds. The van der Waals surface area contributed by atoms with E-state index in [1.54, 1.807) is 24.5 Å². The van der Waals surface area contributed by atoms with Crippen LogP contribution in [0.1, 0.15) is 26.5 Å². The van der Waals surface area contributed by atoms with Crippen LogP contribution in [0.3, 0.4) is 0 Å². The molecule has 4 nitrogen and oxygen atoms in total. The van der Waals surface area contributed by atoms with Gasteiger partial charge in [-0.25, -0.2) is 4.39 Å². The highest BCUT2D eigenvalue weighted by Crippen LogP contribution is 2.29. The molecule has 30 heavy (non-hydrogen) atoms. The van der Waals surface area contributed by atoms with Crippen LogP contribution < -0.4 is 10.1 Å². The molecule has 0 saturated carbocycles. The van der Waals surface area contributed by atoms with Crippen LogP contribution in [0.5, 0.6) is 5.75 Å². The number of para-hydroxylation sites is 1. The summed E-state index contributed by atoms with van der Waals surface area (Å²) in [6.07, 6.45) is 0.674. The smallest absolute Gasteiger partial charge is 0.267 e. The minimum absolute atomic E-state index is 0.137. The van der Waals surface area contributed by atoms with Gasteiger partial charge in [0.2, 0.25) is 0 Å². The van der Waals surface area contributed by atoms with Crippen molar-refractivity contribution in [2.45, 2.75) is 19.9 Å². The number of aromatic nitrogens is 1. The van der Waals surface area contributed by atoms with Crippen molar-refractivity contribution in [1.82, 2.24) is 9.88 Å². The van der Waals surface area contributed by atoms with Gasteiger partial charge in [0.05, 0.1) is 17.3 Å². The summed E-state index contributed by atoms with van der Waals surface area (Å²) in [6.45, 7) is 2.98. The lowest BCUT2D eigenvalue weighted by Crippen LogP contribution is -2.28. The van der Waals surface area contributed by atoms with E-state index < -0.39 is 0 Å². The molecule has 0 radical (unpaired) electrons. The highest BCUT2D eigenvalue weighted by molar-refractivity contribution is 7.19. The number of hydrogen-bond donors (Lipinski definition) is 1. The summed E-state index contributed by atoms with van der Waals surface area (Å²) >= 11 is 1.65. The Morgan fingerprint density at radius 3 is 2.77 bits per heavy atom. The van der Waals surface area contributed by atoms with Crippen molar-refractivity contribution in [3.05, 3.63) is 88.2 Å². The fraction of sp³-hybridized carbons (Fsp3) is 0.208. The number of ether oxygens (including phenoxy) is 1. The van der Waals surface area contributed by atoms with Gasteiger partial charge >= 0.3 is 0 Å². The van der Waals surface area contributed by atoms with Crippen molar-refractivity contribution < 1.29 is 13.9 Å². The van der Waals surface area contributed by atoms with Gasteiger partial charge in [0.25, 0.3) is 5.91 Å². The number of methoxy groups -OCH3 is 1. The number of rotatable bonds is 7. The summed E-state index contributed by atoms with van der Waals surface area (Å²) in [5.74, 6) is 0.403. The summed E-state index contributed by atoms with van der Waals surface area (Å²) in [4.78, 5) is 14.2. The van der Waals surface area contributed by atoms with Crippen molar-refractivity contribution in [3.8, 4) is 5.75 Å². The van der Waals surface area contributed by atoms with Crippen LogP contribution in [0.2, 0.25) is 0 Å². The summed E-state index contributed by atoms with van der Waals surface area (Å²) in [7, 11) is 1.64. The van der Waals surface area contributed by atoms with Crippen LogP contribution in [0.25, 0.3) is 10.2 Å². The van der Waals surface area contributed by atoms with Crippen LogP contribution in [-0.2, 0) is 13.0 Å². The van der Waals surface area contributed by atoms with Gasteiger partial charge in [-0.15, -0.1) is 11.3 Å². The molecule has 0 aliphatic heterocycles. The fourth-order valence-electron chi connectivity index (χ4n) is 3.65. The monoisotopic (exact) mass is 422 g/mol. The third-order valence-corrected chi connectivity index (χ3v) is 6.03. The average Bonchev–Trinajstić information content (AvgIpc) is 3.25. The molecule has 2 heterocycles. The lowest BCUT2D eigenvalue weighted by atomic mass is 10.1. The zero-order valence-electron chi connectivity index (χ0n) is 16.9. The number of hydrogen-bond acceptors (Lipinski definition) is 3. The van der Waals surface area contributed by atoms with Crippen molar-refractivity contribution in [2.75, 3.05) is 13.7 Å². The molecule has 2 aromatic carbocycles. The SMILES string of the molecule is COc1ccccc1CCNC(=O)c1cc2sc(C)cc2n1Cc1cccc(F)c1. The number of thiophene rings is 1. The van der Waals surface area contributed by atoms with Crippen LogP contribution in [-0.4, -0.2) is 24.1 Å². The molecule has 0 spiro atoms. The Morgan fingerprint density at radius 1 is 1.13 bits per heavy atom. The number of nitrogens with one attached hydrogen (secondary N) is 1. The number of amides is 1. The quantitative estimate of drug-likeness (QED) is 0.446. The van der Waals surface area contributed by atoms with Crippen molar-refractivity contribution in [1.29, 1.82) is 0 Å². The van der Waals surface area contributed by atoms with Gasteiger partial charge in [-0.2, -0.15) is 0 Å². The number of carbonyl (C=O) groups excluding carboxylic acids is 1. The average molecular weight is 423 g/mol. The Balaban J connectivity index is 1.55. The zero-order chi connectivity index (χ0) is 21.1. The highest BCUT2D eigenvalue weighted by atomic mass is 32.1. The first-order valence-corrected chi connectivity index (χ1v) is 10.6. The fourth-order valence-corrected chi connectivity index (χ4v) is 4.61. The van der Waals surface area contributed by atoms with E-state index in [-0.39, 0.29) is 11.7 Å². The zero-order valence-corrected chi connectivity index (χ0v) is 17.8. The lowest BCUT2D eigenvalue weighted by Gasteiger charge is -2.12. The Morgan fingerprint density at radius 2 is 1.97 bits per heavy atom. The van der Waals surface area contributed by atoms with Gasteiger partial charge < -0.3 is 14.6 Å². The van der Waals surface area contributed by atoms with Crippen LogP contribution in [0.15, 0.2) is 60.7 Å². The molecule has 0 unspecified atom stereocenters. The molecule has 0 bridgehead atoms. The van der Waals surface area contributed by atoms with E-state index in [1.807, 2.05) is 47.9 Å². The Labute approximate surface area is 178 Å². The maximum Gasteiger partial charge on any atom is 0.267 e. The first-order valence-electron chi connectivity index (χ1n) is 9.79. The minimum atomic E-state index is -0.278. The molecule has 0 saturated heterocycles. The number of fused-ring (bicyclic) bond motifs is 1. The largest absolute Gasteiger partial charge is 0.496 e. The number of halogens is 1. The number of benzene rings is 2. The predicted molar refractivity (Wildman–Crippen MR) is 119 cm³/mol. The van der Waals surface area contributed by atoms with Crippen LogP contribution >= 0.6 is 11.3 Å². The highest BCUT2D eigenvalue weighted by Gasteiger charge is 2.18. The van der Waals surface area contributed by atoms with E-state index >= 15 is 0 Å². The second kappa shape index (κ2) is 8.71. The van der Waals surface area contributed by atoms with E-state index in [0.717, 1.165) is 27.1 Å². The topological polar surface area (TPSA) is 43.3 Å². The molecule has 0 fully saturated rings. The maximum atomic E-state index is 13.7. The van der Waals surface area contributed by atoms with Gasteiger partial charge in [0.1, 0.15) is 17.3 Å². The van der Waals surface area contributed by atoms with Crippen molar-refractivity contribution in [2.24, 2.45) is 0 Å². The van der Waals surface area contributed by atoms with Gasteiger partial charge in [0.15, 0.2) is 0 Å². The molecule has 4 aromatic rings. The van der Waals surface area contributed by atoms with Crippen molar-refractivity contribution >= 4 is 27.5 Å². The van der Waals surface area contributed by atoms with Crippen molar-refractivity contribution in [3.63, 3.8) is 0 Å². The third kappa shape index (κ3) is 4.24. The molecule has 6 heteroatoms. The number of nitrogens with zero attached hydrogens (tertiary/aromatic N) is 1. The minimum Gasteiger partial charge on any atom is -0.496 e. The number of carbonyl (C=O) groups is 1. The summed E-state index contributed by atoms with van der Waals surface area (Å²) in [5, 5.41) is 3.02. The molecular weight excluding hydrogens is 399 g/mol. The number of aryl methyl sites for hydroxylation is 1. The van der Waals surface area contributed by atoms with Gasteiger partial charge in [-0.1, -0.05) is 30.3 Å². The van der Waals surface area contributed by atoms with Gasteiger partial charge in [-0.3, -0.25) is 4.79 Å². The summed E-state index contributed by atoms with van der Waals surface area (Å²) < 4.78 is 22.1. The first kappa shape index (κ1) is 20.2. The Kier molecular flexibility index (Phi) is 5.86. The third-order valence-electron chi connectivity index (χ3n) is 5.05. The standard InChI is InChI=1S/C24H23FN2O2S/c1-16-12-20-23(30-16)14-21(27(20)15-17-6-5-8-19(25)13-17)24(28)26-11-10-18-7-3-4-9-22(18)29-2/h3-9,12-14H,10-11,15H2,1-2H3,(H,26,28). The van der Waals surface area contributed by atoms with E-state index in [1.165, 1.54) is 17.0 Å². The lowest BCUT2D eigenvalue weighted by molar-refractivity contribution is 0.0945. The molecule has 154 valence electrons. The Hall–Kier alpha value is -3.12. The van der Waals surface area contributed by atoms with Gasteiger partial charge in [-0.05, 0) is 54.8 Å². The second-order valence-corrected chi connectivity index (χ2v) is 8.46. The predicted octanol–water partition coefficient (Wildman–Crippen LogP) is 5.18. The first-order chi connectivity index (χ1) is 14.5. The molecule has 2 aromatic heterocycles. The molecule has 0 aliphatic rings. The van der Waals surface area contributed by atoms with Crippen LogP contribution in [0, 0.1) is 12.7 Å². The summed E-state index contributed by atoms with van der Waals surface area (Å²) in [6, 6.07) is 18.3. The van der Waals surface area contributed by atoms with Crippen LogP contribution in [0.4, 0.5) is 4.39 Å². The second-order valence-electron chi connectivity index (χ2n) is 7.17. The molecule has 0 atom stereocenters. The normalized spacial score (nSPS) is 11.0. The molecule has 4 rings (SSSR count). The molecular formula is C24H23FN2O2S. The Bertz CT molecular complexity index is 1200. The van der Waals surface area contributed by atoms with E-state index in [9.17, 15) is 9.18 Å². The maximum absolute atomic E-state index is 13.7.